The fourth-order valence-corrected chi connectivity index (χ4v) is 2.82. The van der Waals surface area contributed by atoms with E-state index < -0.39 is 0 Å². The Kier molecular flexibility index (Phi) is 4.69. The highest BCUT2D eigenvalue weighted by atomic mass is 16.3. The lowest BCUT2D eigenvalue weighted by molar-refractivity contribution is -0.121. The number of aromatic nitrogens is 4. The molecule has 128 valence electrons. The fourth-order valence-electron chi connectivity index (χ4n) is 2.82. The molecule has 0 aliphatic heterocycles. The van der Waals surface area contributed by atoms with Crippen molar-refractivity contribution in [2.24, 2.45) is 0 Å². The molecule has 7 nitrogen and oxygen atoms in total. The third kappa shape index (κ3) is 3.34. The number of fused-ring (bicyclic) bond motifs is 1. The average molecular weight is 329 g/mol. The zero-order chi connectivity index (χ0) is 17.1. The SMILES string of the molecule is Cc1nn(C(C)C)c2cnn(CCC(=O)NCCc3ccco3)c12. The lowest BCUT2D eigenvalue weighted by atomic mass is 10.3. The molecule has 3 heterocycles. The van der Waals surface area contributed by atoms with E-state index in [1.807, 2.05) is 34.6 Å². The molecule has 0 atom stereocenters. The molecular weight excluding hydrogens is 306 g/mol. The number of furan rings is 1. The summed E-state index contributed by atoms with van der Waals surface area (Å²) < 4.78 is 9.08. The zero-order valence-corrected chi connectivity index (χ0v) is 14.3. The zero-order valence-electron chi connectivity index (χ0n) is 14.3. The van der Waals surface area contributed by atoms with Gasteiger partial charge in [-0.05, 0) is 32.9 Å². The molecule has 0 radical (unpaired) electrons. The van der Waals surface area contributed by atoms with Crippen molar-refractivity contribution in [1.29, 1.82) is 0 Å². The number of hydrogen-bond acceptors (Lipinski definition) is 4. The van der Waals surface area contributed by atoms with Crippen LogP contribution in [0.25, 0.3) is 11.0 Å². The van der Waals surface area contributed by atoms with Crippen LogP contribution in [-0.2, 0) is 17.8 Å². The molecule has 0 bridgehead atoms. The van der Waals surface area contributed by atoms with Crippen molar-refractivity contribution in [3.05, 3.63) is 36.0 Å². The first kappa shape index (κ1) is 16.3. The monoisotopic (exact) mass is 329 g/mol. The van der Waals surface area contributed by atoms with E-state index in [0.29, 0.717) is 25.9 Å². The summed E-state index contributed by atoms with van der Waals surface area (Å²) in [6, 6.07) is 4.03. The van der Waals surface area contributed by atoms with Gasteiger partial charge in [0.1, 0.15) is 16.8 Å². The lowest BCUT2D eigenvalue weighted by Crippen LogP contribution is -2.26. The van der Waals surface area contributed by atoms with Crippen molar-refractivity contribution in [2.75, 3.05) is 6.54 Å². The van der Waals surface area contributed by atoms with E-state index >= 15 is 0 Å². The Balaban J connectivity index is 1.56. The molecule has 3 rings (SSSR count). The fraction of sp³-hybridized carbons (Fsp3) is 0.471. The van der Waals surface area contributed by atoms with E-state index in [4.69, 9.17) is 4.42 Å². The van der Waals surface area contributed by atoms with E-state index in [9.17, 15) is 4.79 Å². The molecule has 0 spiro atoms. The number of hydrogen-bond donors (Lipinski definition) is 1. The average Bonchev–Trinajstić information content (AvgIpc) is 3.24. The Bertz CT molecular complexity index is 814. The molecule has 0 saturated heterocycles. The summed E-state index contributed by atoms with van der Waals surface area (Å²) in [6.45, 7) is 7.28. The second-order valence-electron chi connectivity index (χ2n) is 6.15. The smallest absolute Gasteiger partial charge is 0.221 e. The summed E-state index contributed by atoms with van der Waals surface area (Å²) in [5.74, 6) is 0.889. The van der Waals surface area contributed by atoms with Gasteiger partial charge in [-0.2, -0.15) is 10.2 Å². The molecule has 3 aromatic heterocycles. The molecule has 24 heavy (non-hydrogen) atoms. The van der Waals surface area contributed by atoms with Crippen LogP contribution in [0.15, 0.2) is 29.0 Å². The summed E-state index contributed by atoms with van der Waals surface area (Å²) in [5.41, 5.74) is 2.96. The van der Waals surface area contributed by atoms with Gasteiger partial charge in [0.15, 0.2) is 0 Å². The Morgan fingerprint density at radius 2 is 2.25 bits per heavy atom. The largest absolute Gasteiger partial charge is 0.469 e. The van der Waals surface area contributed by atoms with E-state index in [1.165, 1.54) is 0 Å². The summed E-state index contributed by atoms with van der Waals surface area (Å²) >= 11 is 0. The molecule has 1 N–H and O–H groups in total. The van der Waals surface area contributed by atoms with Gasteiger partial charge < -0.3 is 9.73 Å². The van der Waals surface area contributed by atoms with Gasteiger partial charge in [-0.15, -0.1) is 0 Å². The third-order valence-electron chi connectivity index (χ3n) is 3.98. The molecule has 0 aromatic carbocycles. The maximum absolute atomic E-state index is 12.0. The molecule has 0 unspecified atom stereocenters. The van der Waals surface area contributed by atoms with Crippen LogP contribution in [0, 0.1) is 6.92 Å². The Hall–Kier alpha value is -2.57. The molecular formula is C17H23N5O2. The van der Waals surface area contributed by atoms with Crippen molar-refractivity contribution < 1.29 is 9.21 Å². The van der Waals surface area contributed by atoms with Gasteiger partial charge in [0.25, 0.3) is 0 Å². The minimum Gasteiger partial charge on any atom is -0.469 e. The molecule has 0 saturated carbocycles. The first-order valence-corrected chi connectivity index (χ1v) is 8.26. The normalized spacial score (nSPS) is 11.5. The lowest BCUT2D eigenvalue weighted by Gasteiger charge is -2.05. The van der Waals surface area contributed by atoms with Gasteiger partial charge in [-0.25, -0.2) is 0 Å². The van der Waals surface area contributed by atoms with Crippen LogP contribution >= 0.6 is 0 Å². The van der Waals surface area contributed by atoms with Crippen molar-refractivity contribution >= 4 is 16.9 Å². The standard InChI is InChI=1S/C17H23N5O2/c1-12(2)22-15-11-19-21(17(15)13(3)20-22)9-7-16(23)18-8-6-14-5-4-10-24-14/h4-5,10-12H,6-9H2,1-3H3,(H,18,23). The quantitative estimate of drug-likeness (QED) is 0.722. The highest BCUT2D eigenvalue weighted by molar-refractivity contribution is 5.79. The van der Waals surface area contributed by atoms with Gasteiger partial charge in [-0.3, -0.25) is 14.2 Å². The van der Waals surface area contributed by atoms with Crippen LogP contribution in [0.1, 0.15) is 37.8 Å². The summed E-state index contributed by atoms with van der Waals surface area (Å²) in [6.07, 6.45) is 4.55. The predicted octanol–water partition coefficient (Wildman–Crippen LogP) is 2.46. The first-order valence-electron chi connectivity index (χ1n) is 8.26. The molecule has 3 aromatic rings. The van der Waals surface area contributed by atoms with Crippen LogP contribution in [-0.4, -0.2) is 32.0 Å². The molecule has 0 aliphatic rings. The van der Waals surface area contributed by atoms with Gasteiger partial charge in [0.2, 0.25) is 5.91 Å². The van der Waals surface area contributed by atoms with Crippen LogP contribution in [0.2, 0.25) is 0 Å². The predicted molar refractivity (Wildman–Crippen MR) is 90.7 cm³/mol. The summed E-state index contributed by atoms with van der Waals surface area (Å²) in [4.78, 5) is 12.0. The van der Waals surface area contributed by atoms with Gasteiger partial charge in [-0.1, -0.05) is 0 Å². The number of nitrogens with one attached hydrogen (secondary N) is 1. The topological polar surface area (TPSA) is 77.9 Å². The van der Waals surface area contributed by atoms with Crippen LogP contribution in [0.3, 0.4) is 0 Å². The number of aryl methyl sites for hydroxylation is 2. The number of carbonyl (C=O) groups excluding carboxylic acids is 1. The van der Waals surface area contributed by atoms with Crippen LogP contribution in [0.5, 0.6) is 0 Å². The van der Waals surface area contributed by atoms with Crippen molar-refractivity contribution in [3.63, 3.8) is 0 Å². The van der Waals surface area contributed by atoms with Crippen LogP contribution in [0.4, 0.5) is 0 Å². The summed E-state index contributed by atoms with van der Waals surface area (Å²) in [5, 5.41) is 11.9. The second kappa shape index (κ2) is 6.90. The van der Waals surface area contributed by atoms with Crippen molar-refractivity contribution in [1.82, 2.24) is 24.9 Å². The summed E-state index contributed by atoms with van der Waals surface area (Å²) in [7, 11) is 0. The van der Waals surface area contributed by atoms with Gasteiger partial charge in [0, 0.05) is 25.4 Å². The minimum atomic E-state index is 0.0131. The van der Waals surface area contributed by atoms with E-state index in [-0.39, 0.29) is 11.9 Å². The maximum atomic E-state index is 12.0. The minimum absolute atomic E-state index is 0.0131. The number of amides is 1. The number of carbonyl (C=O) groups is 1. The third-order valence-corrected chi connectivity index (χ3v) is 3.98. The van der Waals surface area contributed by atoms with Gasteiger partial charge >= 0.3 is 0 Å². The Morgan fingerprint density at radius 1 is 1.42 bits per heavy atom. The molecule has 7 heteroatoms. The van der Waals surface area contributed by atoms with Crippen molar-refractivity contribution in [2.45, 2.75) is 46.2 Å². The highest BCUT2D eigenvalue weighted by Crippen LogP contribution is 2.21. The Labute approximate surface area is 140 Å². The molecule has 0 fully saturated rings. The van der Waals surface area contributed by atoms with Gasteiger partial charge in [0.05, 0.1) is 24.7 Å². The van der Waals surface area contributed by atoms with E-state index in [0.717, 1.165) is 22.5 Å². The second-order valence-corrected chi connectivity index (χ2v) is 6.15. The highest BCUT2D eigenvalue weighted by Gasteiger charge is 2.15. The first-order chi connectivity index (χ1) is 11.6. The number of rotatable bonds is 7. The molecule has 1 amide bonds. The van der Waals surface area contributed by atoms with Crippen LogP contribution < -0.4 is 5.32 Å². The molecule has 0 aliphatic carbocycles. The maximum Gasteiger partial charge on any atom is 0.221 e. The number of nitrogens with zero attached hydrogens (tertiary/aromatic N) is 4. The Morgan fingerprint density at radius 3 is 2.96 bits per heavy atom. The van der Waals surface area contributed by atoms with E-state index in [2.05, 4.69) is 29.4 Å². The van der Waals surface area contributed by atoms with E-state index in [1.54, 1.807) is 6.26 Å². The van der Waals surface area contributed by atoms with Crippen molar-refractivity contribution in [3.8, 4) is 0 Å².